The molecule has 2 aromatic rings. The molecule has 0 bridgehead atoms. The number of aromatic nitrogens is 3. The van der Waals surface area contributed by atoms with Gasteiger partial charge in [-0.25, -0.2) is 4.39 Å². The Morgan fingerprint density at radius 2 is 2.18 bits per heavy atom. The van der Waals surface area contributed by atoms with Crippen LogP contribution in [0.3, 0.4) is 0 Å². The average Bonchev–Trinajstić information content (AvgIpc) is 2.60. The van der Waals surface area contributed by atoms with E-state index in [0.29, 0.717) is 10.6 Å². The molecule has 0 saturated heterocycles. The maximum absolute atomic E-state index is 13.4. The smallest absolute Gasteiger partial charge is 0.195 e. The minimum absolute atomic E-state index is 0.253. The Bertz CT molecular complexity index is 565. The topological polar surface area (TPSA) is 33.6 Å². The number of aromatic amines is 1. The van der Waals surface area contributed by atoms with Gasteiger partial charge in [0.25, 0.3) is 0 Å². The van der Waals surface area contributed by atoms with E-state index in [2.05, 4.69) is 17.1 Å². The zero-order valence-electron chi connectivity index (χ0n) is 9.83. The summed E-state index contributed by atoms with van der Waals surface area (Å²) in [5.74, 6) is 0.441. The fourth-order valence-corrected chi connectivity index (χ4v) is 2.06. The van der Waals surface area contributed by atoms with Gasteiger partial charge in [-0.3, -0.25) is 5.10 Å². The number of nitrogens with one attached hydrogen (secondary N) is 1. The molecule has 0 aliphatic rings. The van der Waals surface area contributed by atoms with Crippen molar-refractivity contribution in [1.29, 1.82) is 0 Å². The fraction of sp³-hybridized carbons (Fsp3) is 0.333. The Balaban J connectivity index is 2.56. The first kappa shape index (κ1) is 12.0. The van der Waals surface area contributed by atoms with Crippen molar-refractivity contribution in [1.82, 2.24) is 14.8 Å². The fourth-order valence-electron chi connectivity index (χ4n) is 1.83. The van der Waals surface area contributed by atoms with Crippen LogP contribution in [0.25, 0.3) is 11.4 Å². The second-order valence-corrected chi connectivity index (χ2v) is 4.41. The zero-order chi connectivity index (χ0) is 12.4. The molecule has 0 saturated carbocycles. The van der Waals surface area contributed by atoms with Gasteiger partial charge in [-0.05, 0) is 49.3 Å². The summed E-state index contributed by atoms with van der Waals surface area (Å²) in [6.07, 6.45) is 0.954. The number of benzene rings is 1. The third kappa shape index (κ3) is 2.44. The van der Waals surface area contributed by atoms with Gasteiger partial charge in [-0.1, -0.05) is 6.92 Å². The highest BCUT2D eigenvalue weighted by molar-refractivity contribution is 7.71. The van der Waals surface area contributed by atoms with Gasteiger partial charge in [-0.2, -0.15) is 5.10 Å². The standard InChI is InChI=1S/C12H14FN3S/c1-3-4-16-11(14-15-12(16)17)9-5-8(2)6-10(13)7-9/h5-7H,3-4H2,1-2H3,(H,15,17). The lowest BCUT2D eigenvalue weighted by Gasteiger charge is -2.06. The van der Waals surface area contributed by atoms with Crippen molar-refractivity contribution >= 4 is 12.2 Å². The molecule has 0 atom stereocenters. The normalized spacial score (nSPS) is 10.8. The molecule has 0 aliphatic heterocycles. The lowest BCUT2D eigenvalue weighted by molar-refractivity contribution is 0.626. The molecule has 5 heteroatoms. The minimum Gasteiger partial charge on any atom is -0.300 e. The van der Waals surface area contributed by atoms with Gasteiger partial charge in [0.05, 0.1) is 0 Å². The molecule has 2 rings (SSSR count). The van der Waals surface area contributed by atoms with Crippen LogP contribution in [0.15, 0.2) is 18.2 Å². The summed E-state index contributed by atoms with van der Waals surface area (Å²) in [7, 11) is 0. The zero-order valence-corrected chi connectivity index (χ0v) is 10.6. The molecular formula is C12H14FN3S. The molecular weight excluding hydrogens is 237 g/mol. The van der Waals surface area contributed by atoms with Crippen molar-refractivity contribution in [3.05, 3.63) is 34.4 Å². The molecule has 0 amide bonds. The quantitative estimate of drug-likeness (QED) is 0.847. The molecule has 3 nitrogen and oxygen atoms in total. The van der Waals surface area contributed by atoms with Crippen molar-refractivity contribution in [2.75, 3.05) is 0 Å². The summed E-state index contributed by atoms with van der Waals surface area (Å²) in [6, 6.07) is 4.87. The Morgan fingerprint density at radius 1 is 1.41 bits per heavy atom. The Kier molecular flexibility index (Phi) is 3.38. The van der Waals surface area contributed by atoms with E-state index >= 15 is 0 Å². The first-order valence-corrected chi connectivity index (χ1v) is 5.95. The first-order chi connectivity index (χ1) is 8.11. The monoisotopic (exact) mass is 251 g/mol. The van der Waals surface area contributed by atoms with Crippen LogP contribution < -0.4 is 0 Å². The van der Waals surface area contributed by atoms with Crippen LogP contribution >= 0.6 is 12.2 Å². The highest BCUT2D eigenvalue weighted by Gasteiger charge is 2.09. The van der Waals surface area contributed by atoms with Crippen molar-refractivity contribution in [3.63, 3.8) is 0 Å². The Labute approximate surface area is 104 Å². The van der Waals surface area contributed by atoms with Crippen LogP contribution in [0.5, 0.6) is 0 Å². The van der Waals surface area contributed by atoms with E-state index in [4.69, 9.17) is 12.2 Å². The molecule has 1 heterocycles. The summed E-state index contributed by atoms with van der Waals surface area (Å²) in [6.45, 7) is 4.70. The van der Waals surface area contributed by atoms with Crippen LogP contribution in [0, 0.1) is 17.5 Å². The van der Waals surface area contributed by atoms with E-state index < -0.39 is 0 Å². The van der Waals surface area contributed by atoms with E-state index in [1.165, 1.54) is 12.1 Å². The van der Waals surface area contributed by atoms with E-state index in [9.17, 15) is 4.39 Å². The van der Waals surface area contributed by atoms with Gasteiger partial charge in [-0.15, -0.1) is 0 Å². The van der Waals surface area contributed by atoms with Crippen molar-refractivity contribution < 1.29 is 4.39 Å². The molecule has 1 N–H and O–H groups in total. The van der Waals surface area contributed by atoms with Crippen molar-refractivity contribution in [3.8, 4) is 11.4 Å². The van der Waals surface area contributed by atoms with Crippen LogP contribution in [0.2, 0.25) is 0 Å². The van der Waals surface area contributed by atoms with Crippen molar-refractivity contribution in [2.24, 2.45) is 0 Å². The summed E-state index contributed by atoms with van der Waals surface area (Å²) in [4.78, 5) is 0. The molecule has 0 aliphatic carbocycles. The number of rotatable bonds is 3. The molecule has 90 valence electrons. The Morgan fingerprint density at radius 3 is 2.82 bits per heavy atom. The Hall–Kier alpha value is -1.49. The summed E-state index contributed by atoms with van der Waals surface area (Å²) in [5, 5.41) is 6.92. The molecule has 1 aromatic carbocycles. The second-order valence-electron chi connectivity index (χ2n) is 4.02. The highest BCUT2D eigenvalue weighted by atomic mass is 32.1. The highest BCUT2D eigenvalue weighted by Crippen LogP contribution is 2.20. The maximum Gasteiger partial charge on any atom is 0.195 e. The number of H-pyrrole nitrogens is 1. The third-order valence-electron chi connectivity index (χ3n) is 2.51. The van der Waals surface area contributed by atoms with Crippen LogP contribution in [-0.4, -0.2) is 14.8 Å². The van der Waals surface area contributed by atoms with E-state index in [1.54, 1.807) is 0 Å². The van der Waals surface area contributed by atoms with Crippen LogP contribution in [0.1, 0.15) is 18.9 Å². The van der Waals surface area contributed by atoms with E-state index in [1.807, 2.05) is 17.6 Å². The number of hydrogen-bond donors (Lipinski definition) is 1. The largest absolute Gasteiger partial charge is 0.300 e. The van der Waals surface area contributed by atoms with Gasteiger partial charge in [0.2, 0.25) is 0 Å². The molecule has 0 radical (unpaired) electrons. The number of hydrogen-bond acceptors (Lipinski definition) is 2. The molecule has 0 unspecified atom stereocenters. The number of aryl methyl sites for hydroxylation is 1. The van der Waals surface area contributed by atoms with E-state index in [0.717, 1.165) is 24.1 Å². The van der Waals surface area contributed by atoms with Gasteiger partial charge < -0.3 is 4.57 Å². The first-order valence-electron chi connectivity index (χ1n) is 5.54. The van der Waals surface area contributed by atoms with Crippen LogP contribution in [0.4, 0.5) is 4.39 Å². The van der Waals surface area contributed by atoms with Gasteiger partial charge in [0, 0.05) is 12.1 Å². The number of halogens is 1. The SMILES string of the molecule is CCCn1c(-c2cc(C)cc(F)c2)n[nH]c1=S. The second kappa shape index (κ2) is 4.79. The minimum atomic E-state index is -0.253. The average molecular weight is 251 g/mol. The lowest BCUT2D eigenvalue weighted by Crippen LogP contribution is -2.00. The summed E-state index contributed by atoms with van der Waals surface area (Å²) >= 11 is 5.16. The predicted octanol–water partition coefficient (Wildman–Crippen LogP) is 3.47. The lowest BCUT2D eigenvalue weighted by atomic mass is 10.1. The molecule has 0 fully saturated rings. The molecule has 0 spiro atoms. The molecule has 1 aromatic heterocycles. The summed E-state index contributed by atoms with van der Waals surface area (Å²) < 4.78 is 15.8. The van der Waals surface area contributed by atoms with Crippen LogP contribution in [-0.2, 0) is 6.54 Å². The van der Waals surface area contributed by atoms with E-state index in [-0.39, 0.29) is 5.82 Å². The van der Waals surface area contributed by atoms with Crippen molar-refractivity contribution in [2.45, 2.75) is 26.8 Å². The molecule has 17 heavy (non-hydrogen) atoms. The van der Waals surface area contributed by atoms with Gasteiger partial charge in [0.15, 0.2) is 10.6 Å². The van der Waals surface area contributed by atoms with Gasteiger partial charge >= 0.3 is 0 Å². The number of nitrogens with zero attached hydrogens (tertiary/aromatic N) is 2. The summed E-state index contributed by atoms with van der Waals surface area (Å²) in [5.41, 5.74) is 1.63. The predicted molar refractivity (Wildman–Crippen MR) is 67.8 cm³/mol. The third-order valence-corrected chi connectivity index (χ3v) is 2.82. The van der Waals surface area contributed by atoms with Gasteiger partial charge in [0.1, 0.15) is 5.82 Å². The maximum atomic E-state index is 13.4.